The molecule has 0 aliphatic heterocycles. The van der Waals surface area contributed by atoms with E-state index in [0.717, 1.165) is 22.6 Å². The van der Waals surface area contributed by atoms with Gasteiger partial charge in [-0.15, -0.1) is 0 Å². The Labute approximate surface area is 105 Å². The zero-order valence-corrected chi connectivity index (χ0v) is 9.80. The predicted octanol–water partition coefficient (Wildman–Crippen LogP) is 3.82. The Balaban J connectivity index is 1.93. The fourth-order valence-corrected chi connectivity index (χ4v) is 1.88. The van der Waals surface area contributed by atoms with Crippen molar-refractivity contribution in [1.29, 1.82) is 0 Å². The molecule has 0 saturated heterocycles. The number of anilines is 2. The van der Waals surface area contributed by atoms with Crippen molar-refractivity contribution < 1.29 is 0 Å². The third-order valence-corrected chi connectivity index (χ3v) is 2.74. The number of aromatic amines is 1. The van der Waals surface area contributed by atoms with Crippen LogP contribution in [0.15, 0.2) is 66.9 Å². The molecule has 3 rings (SSSR count). The summed E-state index contributed by atoms with van der Waals surface area (Å²) in [6.45, 7) is 0. The van der Waals surface area contributed by atoms with Gasteiger partial charge in [-0.2, -0.15) is 5.10 Å². The molecule has 0 radical (unpaired) electrons. The van der Waals surface area contributed by atoms with E-state index >= 15 is 0 Å². The molecular weight excluding hydrogens is 222 g/mol. The molecule has 0 fully saturated rings. The molecule has 3 aromatic rings. The van der Waals surface area contributed by atoms with Gasteiger partial charge in [-0.25, -0.2) is 0 Å². The van der Waals surface area contributed by atoms with E-state index in [1.165, 1.54) is 0 Å². The van der Waals surface area contributed by atoms with Gasteiger partial charge in [-0.1, -0.05) is 48.5 Å². The Kier molecular flexibility index (Phi) is 2.80. The summed E-state index contributed by atoms with van der Waals surface area (Å²) in [6, 6.07) is 20.2. The van der Waals surface area contributed by atoms with Crippen LogP contribution in [-0.4, -0.2) is 10.2 Å². The molecule has 0 saturated carbocycles. The molecule has 2 N–H and O–H groups in total. The summed E-state index contributed by atoms with van der Waals surface area (Å²) in [4.78, 5) is 0. The number of nitrogens with one attached hydrogen (secondary N) is 2. The SMILES string of the molecule is c1ccc(Nc2c[nH]nc2-c2ccccc2)cc1. The minimum absolute atomic E-state index is 0.930. The molecule has 3 nitrogen and oxygen atoms in total. The Morgan fingerprint density at radius 2 is 1.50 bits per heavy atom. The van der Waals surface area contributed by atoms with Gasteiger partial charge in [0.05, 0.1) is 5.69 Å². The lowest BCUT2D eigenvalue weighted by Crippen LogP contribution is -1.90. The fourth-order valence-electron chi connectivity index (χ4n) is 1.88. The maximum atomic E-state index is 4.30. The number of rotatable bonds is 3. The topological polar surface area (TPSA) is 40.7 Å². The van der Waals surface area contributed by atoms with Crippen molar-refractivity contribution in [3.8, 4) is 11.3 Å². The highest BCUT2D eigenvalue weighted by atomic mass is 15.1. The van der Waals surface area contributed by atoms with Crippen molar-refractivity contribution >= 4 is 11.4 Å². The molecular formula is C15H13N3. The number of benzene rings is 2. The van der Waals surface area contributed by atoms with Gasteiger partial charge in [0.15, 0.2) is 0 Å². The monoisotopic (exact) mass is 235 g/mol. The van der Waals surface area contributed by atoms with Gasteiger partial charge in [0.25, 0.3) is 0 Å². The number of hydrogen-bond donors (Lipinski definition) is 2. The normalized spacial score (nSPS) is 10.2. The smallest absolute Gasteiger partial charge is 0.116 e. The third-order valence-electron chi connectivity index (χ3n) is 2.74. The average Bonchev–Trinajstić information content (AvgIpc) is 2.89. The highest BCUT2D eigenvalue weighted by Gasteiger charge is 2.07. The van der Waals surface area contributed by atoms with Gasteiger partial charge in [-0.3, -0.25) is 5.10 Å². The Morgan fingerprint density at radius 3 is 2.22 bits per heavy atom. The van der Waals surface area contributed by atoms with Gasteiger partial charge < -0.3 is 5.32 Å². The standard InChI is InChI=1S/C15H13N3/c1-3-7-12(8-4-1)15-14(11-16-18-15)17-13-9-5-2-6-10-13/h1-11,17H,(H,16,18). The van der Waals surface area contributed by atoms with Crippen molar-refractivity contribution in [3.63, 3.8) is 0 Å². The molecule has 0 aliphatic rings. The summed E-state index contributed by atoms with van der Waals surface area (Å²) >= 11 is 0. The van der Waals surface area contributed by atoms with Crippen LogP contribution in [0.25, 0.3) is 11.3 Å². The van der Waals surface area contributed by atoms with Crippen LogP contribution in [0.1, 0.15) is 0 Å². The minimum atomic E-state index is 0.930. The second-order valence-electron chi connectivity index (χ2n) is 4.00. The van der Waals surface area contributed by atoms with Crippen molar-refractivity contribution in [2.75, 3.05) is 5.32 Å². The third kappa shape index (κ3) is 2.11. The van der Waals surface area contributed by atoms with Gasteiger partial charge in [0.2, 0.25) is 0 Å². The summed E-state index contributed by atoms with van der Waals surface area (Å²) in [5.41, 5.74) is 4.06. The van der Waals surface area contributed by atoms with E-state index in [1.807, 2.05) is 66.9 Å². The first kappa shape index (κ1) is 10.6. The lowest BCUT2D eigenvalue weighted by Gasteiger charge is -2.06. The van der Waals surface area contributed by atoms with Crippen molar-refractivity contribution in [2.24, 2.45) is 0 Å². The van der Waals surface area contributed by atoms with Gasteiger partial charge in [-0.05, 0) is 12.1 Å². The van der Waals surface area contributed by atoms with Crippen LogP contribution in [-0.2, 0) is 0 Å². The molecule has 0 aliphatic carbocycles. The highest BCUT2D eigenvalue weighted by molar-refractivity contribution is 5.77. The van der Waals surface area contributed by atoms with Crippen LogP contribution >= 0.6 is 0 Å². The molecule has 1 heterocycles. The summed E-state index contributed by atoms with van der Waals surface area (Å²) < 4.78 is 0. The molecule has 0 unspecified atom stereocenters. The second-order valence-corrected chi connectivity index (χ2v) is 4.00. The van der Waals surface area contributed by atoms with E-state index in [0.29, 0.717) is 0 Å². The number of hydrogen-bond acceptors (Lipinski definition) is 2. The number of para-hydroxylation sites is 1. The number of H-pyrrole nitrogens is 1. The first-order valence-electron chi connectivity index (χ1n) is 5.85. The predicted molar refractivity (Wildman–Crippen MR) is 73.7 cm³/mol. The maximum absolute atomic E-state index is 4.30. The van der Waals surface area contributed by atoms with Gasteiger partial charge in [0.1, 0.15) is 5.69 Å². The van der Waals surface area contributed by atoms with E-state index in [4.69, 9.17) is 0 Å². The van der Waals surface area contributed by atoms with Crippen LogP contribution in [0.4, 0.5) is 11.4 Å². The van der Waals surface area contributed by atoms with Crippen LogP contribution < -0.4 is 5.32 Å². The molecule has 3 heteroatoms. The largest absolute Gasteiger partial charge is 0.352 e. The Morgan fingerprint density at radius 1 is 0.833 bits per heavy atom. The van der Waals surface area contributed by atoms with E-state index < -0.39 is 0 Å². The molecule has 18 heavy (non-hydrogen) atoms. The van der Waals surface area contributed by atoms with Gasteiger partial charge in [0, 0.05) is 17.4 Å². The van der Waals surface area contributed by atoms with Crippen LogP contribution in [0, 0.1) is 0 Å². The molecule has 0 amide bonds. The molecule has 88 valence electrons. The molecule has 0 atom stereocenters. The molecule has 2 aromatic carbocycles. The highest BCUT2D eigenvalue weighted by Crippen LogP contribution is 2.27. The zero-order valence-electron chi connectivity index (χ0n) is 9.80. The summed E-state index contributed by atoms with van der Waals surface area (Å²) in [5, 5.41) is 10.6. The summed E-state index contributed by atoms with van der Waals surface area (Å²) in [5.74, 6) is 0. The molecule has 0 bridgehead atoms. The fraction of sp³-hybridized carbons (Fsp3) is 0. The van der Waals surface area contributed by atoms with Crippen molar-refractivity contribution in [1.82, 2.24) is 10.2 Å². The van der Waals surface area contributed by atoms with E-state index in [2.05, 4.69) is 15.5 Å². The number of aromatic nitrogens is 2. The second kappa shape index (κ2) is 4.75. The lowest BCUT2D eigenvalue weighted by atomic mass is 10.1. The number of nitrogens with zero attached hydrogens (tertiary/aromatic N) is 1. The quantitative estimate of drug-likeness (QED) is 0.724. The Hall–Kier alpha value is -2.55. The van der Waals surface area contributed by atoms with Crippen molar-refractivity contribution in [3.05, 3.63) is 66.9 Å². The van der Waals surface area contributed by atoms with Crippen LogP contribution in [0.2, 0.25) is 0 Å². The average molecular weight is 235 g/mol. The maximum Gasteiger partial charge on any atom is 0.116 e. The minimum Gasteiger partial charge on any atom is -0.352 e. The Bertz CT molecular complexity index is 615. The van der Waals surface area contributed by atoms with Gasteiger partial charge >= 0.3 is 0 Å². The molecule has 0 spiro atoms. The van der Waals surface area contributed by atoms with Crippen molar-refractivity contribution in [2.45, 2.75) is 0 Å². The zero-order chi connectivity index (χ0) is 12.2. The van der Waals surface area contributed by atoms with E-state index in [1.54, 1.807) is 0 Å². The first-order chi connectivity index (χ1) is 8.93. The van der Waals surface area contributed by atoms with E-state index in [9.17, 15) is 0 Å². The first-order valence-corrected chi connectivity index (χ1v) is 5.85. The van der Waals surface area contributed by atoms with Crippen LogP contribution in [0.3, 0.4) is 0 Å². The summed E-state index contributed by atoms with van der Waals surface area (Å²) in [7, 11) is 0. The molecule has 1 aromatic heterocycles. The summed E-state index contributed by atoms with van der Waals surface area (Å²) in [6.07, 6.45) is 1.87. The lowest BCUT2D eigenvalue weighted by molar-refractivity contribution is 1.10. The van der Waals surface area contributed by atoms with Crippen LogP contribution in [0.5, 0.6) is 0 Å². The van der Waals surface area contributed by atoms with E-state index in [-0.39, 0.29) is 0 Å².